The second-order valence-corrected chi connectivity index (χ2v) is 4.17. The Morgan fingerprint density at radius 2 is 1.76 bits per heavy atom. The molecule has 2 aromatic rings. The van der Waals surface area contributed by atoms with Crippen molar-refractivity contribution >= 4 is 17.5 Å². The van der Waals surface area contributed by atoms with E-state index >= 15 is 0 Å². The lowest BCUT2D eigenvalue weighted by atomic mass is 10.3. The highest BCUT2D eigenvalue weighted by Crippen LogP contribution is 2.25. The van der Waals surface area contributed by atoms with Crippen LogP contribution < -0.4 is 15.4 Å². The molecule has 0 aliphatic heterocycles. The molecule has 0 saturated carbocycles. The number of nitrogens with one attached hydrogen (secondary N) is 2. The Balaban J connectivity index is 2.11. The zero-order valence-corrected chi connectivity index (χ0v) is 11.3. The molecule has 0 unspecified atom stereocenters. The number of ether oxygens (including phenoxy) is 1. The standard InChI is InChI=1S/C13H13F3N4O/c1-8-7-11(20-12(17-2)18-8)19-9-3-5-10(6-4-9)21-13(14,15)16/h3-7H,1-2H3,(H2,17,18,19,20). The fourth-order valence-electron chi connectivity index (χ4n) is 1.63. The Bertz CT molecular complexity index is 614. The Hall–Kier alpha value is -2.51. The van der Waals surface area contributed by atoms with E-state index in [1.807, 2.05) is 6.92 Å². The minimum atomic E-state index is -4.69. The van der Waals surface area contributed by atoms with Crippen LogP contribution in [0.1, 0.15) is 5.69 Å². The molecule has 0 bridgehead atoms. The van der Waals surface area contributed by atoms with Gasteiger partial charge in [0.15, 0.2) is 0 Å². The summed E-state index contributed by atoms with van der Waals surface area (Å²) in [6, 6.07) is 7.11. The molecule has 112 valence electrons. The van der Waals surface area contributed by atoms with Crippen molar-refractivity contribution in [1.82, 2.24) is 9.97 Å². The van der Waals surface area contributed by atoms with Crippen LogP contribution in [0.25, 0.3) is 0 Å². The van der Waals surface area contributed by atoms with Gasteiger partial charge in [0.1, 0.15) is 11.6 Å². The summed E-state index contributed by atoms with van der Waals surface area (Å²) in [5.41, 5.74) is 1.35. The Morgan fingerprint density at radius 1 is 1.10 bits per heavy atom. The molecule has 0 aliphatic carbocycles. The molecule has 1 aromatic heterocycles. The van der Waals surface area contributed by atoms with Crippen LogP contribution in [0.5, 0.6) is 5.75 Å². The van der Waals surface area contributed by atoms with E-state index in [0.717, 1.165) is 5.69 Å². The molecule has 2 N–H and O–H groups in total. The molecule has 0 aliphatic rings. The number of benzene rings is 1. The maximum absolute atomic E-state index is 12.1. The van der Waals surface area contributed by atoms with Gasteiger partial charge in [0.2, 0.25) is 5.95 Å². The highest BCUT2D eigenvalue weighted by Gasteiger charge is 2.30. The van der Waals surface area contributed by atoms with Gasteiger partial charge in [-0.1, -0.05) is 0 Å². The lowest BCUT2D eigenvalue weighted by Gasteiger charge is -2.11. The van der Waals surface area contributed by atoms with Crippen molar-refractivity contribution in [3.8, 4) is 5.75 Å². The molecule has 1 heterocycles. The van der Waals surface area contributed by atoms with Crippen LogP contribution in [0, 0.1) is 6.92 Å². The van der Waals surface area contributed by atoms with E-state index in [4.69, 9.17) is 0 Å². The lowest BCUT2D eigenvalue weighted by molar-refractivity contribution is -0.274. The van der Waals surface area contributed by atoms with Crippen molar-refractivity contribution in [1.29, 1.82) is 0 Å². The summed E-state index contributed by atoms with van der Waals surface area (Å²) in [4.78, 5) is 8.33. The highest BCUT2D eigenvalue weighted by atomic mass is 19.4. The smallest absolute Gasteiger partial charge is 0.406 e. The number of aromatic nitrogens is 2. The molecule has 21 heavy (non-hydrogen) atoms. The molecule has 1 aromatic carbocycles. The van der Waals surface area contributed by atoms with Gasteiger partial charge in [-0.05, 0) is 31.2 Å². The third-order valence-electron chi connectivity index (χ3n) is 2.44. The van der Waals surface area contributed by atoms with Gasteiger partial charge in [-0.25, -0.2) is 4.98 Å². The first-order valence-electron chi connectivity index (χ1n) is 6.02. The molecule has 2 rings (SSSR count). The number of alkyl halides is 3. The fraction of sp³-hybridized carbons (Fsp3) is 0.231. The van der Waals surface area contributed by atoms with Crippen LogP contribution in [0.15, 0.2) is 30.3 Å². The summed E-state index contributed by atoms with van der Waals surface area (Å²) in [5, 5.41) is 5.80. The molecule has 0 spiro atoms. The maximum atomic E-state index is 12.1. The van der Waals surface area contributed by atoms with Gasteiger partial charge in [0.25, 0.3) is 0 Å². The van der Waals surface area contributed by atoms with E-state index in [1.165, 1.54) is 24.3 Å². The summed E-state index contributed by atoms with van der Waals surface area (Å²) in [5.74, 6) is 0.716. The molecule has 0 fully saturated rings. The van der Waals surface area contributed by atoms with Gasteiger partial charge >= 0.3 is 6.36 Å². The third-order valence-corrected chi connectivity index (χ3v) is 2.44. The Kier molecular flexibility index (Phi) is 4.15. The zero-order valence-electron chi connectivity index (χ0n) is 11.3. The Labute approximate surface area is 119 Å². The largest absolute Gasteiger partial charge is 0.573 e. The number of aryl methyl sites for hydroxylation is 1. The third kappa shape index (κ3) is 4.51. The molecular formula is C13H13F3N4O. The van der Waals surface area contributed by atoms with E-state index in [9.17, 15) is 13.2 Å². The van der Waals surface area contributed by atoms with Gasteiger partial charge in [0, 0.05) is 24.5 Å². The predicted molar refractivity (Wildman–Crippen MR) is 72.7 cm³/mol. The highest BCUT2D eigenvalue weighted by molar-refractivity contribution is 5.58. The summed E-state index contributed by atoms with van der Waals surface area (Å²) in [6.45, 7) is 1.81. The molecule has 0 amide bonds. The first kappa shape index (κ1) is 14.9. The SMILES string of the molecule is CNc1nc(C)cc(Nc2ccc(OC(F)(F)F)cc2)n1. The van der Waals surface area contributed by atoms with Crippen molar-refractivity contribution in [3.63, 3.8) is 0 Å². The van der Waals surface area contributed by atoms with Crippen LogP contribution in [-0.2, 0) is 0 Å². The minimum absolute atomic E-state index is 0.275. The Morgan fingerprint density at radius 3 is 2.33 bits per heavy atom. The number of hydrogen-bond acceptors (Lipinski definition) is 5. The van der Waals surface area contributed by atoms with Gasteiger partial charge < -0.3 is 15.4 Å². The van der Waals surface area contributed by atoms with Crippen LogP contribution in [0.2, 0.25) is 0 Å². The van der Waals surface area contributed by atoms with Crippen molar-refractivity contribution in [2.45, 2.75) is 13.3 Å². The van der Waals surface area contributed by atoms with Crippen molar-refractivity contribution in [3.05, 3.63) is 36.0 Å². The second-order valence-electron chi connectivity index (χ2n) is 4.17. The first-order valence-corrected chi connectivity index (χ1v) is 6.02. The number of anilines is 3. The van der Waals surface area contributed by atoms with Gasteiger partial charge in [0.05, 0.1) is 0 Å². The van der Waals surface area contributed by atoms with Crippen LogP contribution in [-0.4, -0.2) is 23.4 Å². The number of halogens is 3. The summed E-state index contributed by atoms with van der Waals surface area (Å²) in [6.07, 6.45) is -4.69. The number of hydrogen-bond donors (Lipinski definition) is 2. The molecular weight excluding hydrogens is 285 g/mol. The van der Waals surface area contributed by atoms with E-state index in [0.29, 0.717) is 17.5 Å². The monoisotopic (exact) mass is 298 g/mol. The van der Waals surface area contributed by atoms with E-state index in [-0.39, 0.29) is 5.75 Å². The summed E-state index contributed by atoms with van der Waals surface area (Å²) < 4.78 is 40.0. The topological polar surface area (TPSA) is 59.1 Å². The van der Waals surface area contributed by atoms with Crippen molar-refractivity contribution in [2.24, 2.45) is 0 Å². The minimum Gasteiger partial charge on any atom is -0.406 e. The van der Waals surface area contributed by atoms with Gasteiger partial charge in [-0.15, -0.1) is 13.2 Å². The van der Waals surface area contributed by atoms with E-state index in [2.05, 4.69) is 25.3 Å². The lowest BCUT2D eigenvalue weighted by Crippen LogP contribution is -2.16. The molecule has 0 atom stereocenters. The normalized spacial score (nSPS) is 11.1. The summed E-state index contributed by atoms with van der Waals surface area (Å²) >= 11 is 0. The summed E-state index contributed by atoms with van der Waals surface area (Å²) in [7, 11) is 1.70. The maximum Gasteiger partial charge on any atom is 0.573 e. The van der Waals surface area contributed by atoms with Crippen LogP contribution in [0.3, 0.4) is 0 Å². The van der Waals surface area contributed by atoms with Crippen molar-refractivity contribution in [2.75, 3.05) is 17.7 Å². The molecule has 0 radical (unpaired) electrons. The average Bonchev–Trinajstić information content (AvgIpc) is 2.38. The van der Waals surface area contributed by atoms with Crippen molar-refractivity contribution < 1.29 is 17.9 Å². The first-order chi connectivity index (χ1) is 9.85. The zero-order chi connectivity index (χ0) is 15.5. The fourth-order valence-corrected chi connectivity index (χ4v) is 1.63. The van der Waals surface area contributed by atoms with Gasteiger partial charge in [-0.3, -0.25) is 0 Å². The van der Waals surface area contributed by atoms with Crippen LogP contribution in [0.4, 0.5) is 30.6 Å². The number of nitrogens with zero attached hydrogens (tertiary/aromatic N) is 2. The van der Waals surface area contributed by atoms with Gasteiger partial charge in [-0.2, -0.15) is 4.98 Å². The average molecular weight is 298 g/mol. The number of rotatable bonds is 4. The molecule has 8 heteroatoms. The molecule has 5 nitrogen and oxygen atoms in total. The van der Waals surface area contributed by atoms with Crippen LogP contribution >= 0.6 is 0 Å². The van der Waals surface area contributed by atoms with E-state index in [1.54, 1.807) is 13.1 Å². The second kappa shape index (κ2) is 5.86. The predicted octanol–water partition coefficient (Wildman–Crippen LogP) is 3.47. The van der Waals surface area contributed by atoms with E-state index < -0.39 is 6.36 Å². The quantitative estimate of drug-likeness (QED) is 0.905. The molecule has 0 saturated heterocycles.